The molecule has 0 unspecified atom stereocenters. The highest BCUT2D eigenvalue weighted by atomic mass is 15.1. The van der Waals surface area contributed by atoms with Crippen molar-refractivity contribution in [2.45, 2.75) is 32.7 Å². The first-order valence-electron chi connectivity index (χ1n) is 4.54. The van der Waals surface area contributed by atoms with E-state index < -0.39 is 0 Å². The molecule has 0 aromatic carbocycles. The molecule has 0 radical (unpaired) electrons. The van der Waals surface area contributed by atoms with Gasteiger partial charge in [-0.1, -0.05) is 6.08 Å². The molecule has 0 saturated heterocycles. The van der Waals surface area contributed by atoms with E-state index in [0.29, 0.717) is 0 Å². The quantitative estimate of drug-likeness (QED) is 0.677. The van der Waals surface area contributed by atoms with Crippen molar-refractivity contribution in [2.24, 2.45) is 0 Å². The number of hydrogen-bond acceptors (Lipinski definition) is 2. The number of hydrogen-bond donors (Lipinski definition) is 1. The van der Waals surface area contributed by atoms with Crippen LogP contribution < -0.4 is 5.32 Å². The van der Waals surface area contributed by atoms with Crippen molar-refractivity contribution in [1.82, 2.24) is 10.2 Å². The molecular weight excluding hydrogens is 148 g/mol. The monoisotopic (exact) mass is 170 g/mol. The molecule has 0 aromatic rings. The highest BCUT2D eigenvalue weighted by molar-refractivity contribution is 4.81. The predicted octanol–water partition coefficient (Wildman–Crippen LogP) is 1.84. The summed E-state index contributed by atoms with van der Waals surface area (Å²) in [6, 6.07) is 0. The average Bonchev–Trinajstić information content (AvgIpc) is 2.02. The first kappa shape index (κ1) is 11.5. The number of nitrogens with one attached hydrogen (secondary N) is 1. The van der Waals surface area contributed by atoms with Gasteiger partial charge < -0.3 is 10.2 Å². The first-order valence-corrected chi connectivity index (χ1v) is 4.54. The summed E-state index contributed by atoms with van der Waals surface area (Å²) < 4.78 is 0. The van der Waals surface area contributed by atoms with Gasteiger partial charge in [0.25, 0.3) is 0 Å². The Kier molecular flexibility index (Phi) is 4.98. The van der Waals surface area contributed by atoms with Crippen molar-refractivity contribution in [3.63, 3.8) is 0 Å². The van der Waals surface area contributed by atoms with E-state index in [1.165, 1.54) is 0 Å². The minimum absolute atomic E-state index is 0.246. The Hall–Kier alpha value is -0.500. The maximum Gasteiger partial charge on any atom is 0.0186 e. The third kappa shape index (κ3) is 5.19. The van der Waals surface area contributed by atoms with Gasteiger partial charge in [-0.3, -0.25) is 0 Å². The Morgan fingerprint density at radius 2 is 2.00 bits per heavy atom. The molecule has 1 N–H and O–H groups in total. The normalized spacial score (nSPS) is 12.4. The van der Waals surface area contributed by atoms with Crippen molar-refractivity contribution in [3.8, 4) is 0 Å². The molecule has 0 atom stereocenters. The van der Waals surface area contributed by atoms with Crippen LogP contribution in [0.15, 0.2) is 12.3 Å². The molecule has 0 heterocycles. The third-order valence-corrected chi connectivity index (χ3v) is 2.17. The molecule has 0 bridgehead atoms. The molecule has 0 rings (SSSR count). The molecule has 0 aliphatic carbocycles. The zero-order chi connectivity index (χ0) is 9.61. The number of allylic oxidation sites excluding steroid dienone is 1. The van der Waals surface area contributed by atoms with E-state index in [9.17, 15) is 0 Å². The van der Waals surface area contributed by atoms with E-state index in [2.05, 4.69) is 43.4 Å². The second-order valence-corrected chi connectivity index (χ2v) is 3.85. The summed E-state index contributed by atoms with van der Waals surface area (Å²) in [7, 11) is 4.11. The highest BCUT2D eigenvalue weighted by Gasteiger charge is 2.13. The summed E-state index contributed by atoms with van der Waals surface area (Å²) in [5.74, 6) is 0. The van der Waals surface area contributed by atoms with Crippen LogP contribution in [-0.4, -0.2) is 31.1 Å². The fourth-order valence-corrected chi connectivity index (χ4v) is 0.910. The van der Waals surface area contributed by atoms with Crippen LogP contribution in [-0.2, 0) is 0 Å². The van der Waals surface area contributed by atoms with Crippen LogP contribution in [0.25, 0.3) is 0 Å². The largest absolute Gasteiger partial charge is 0.381 e. The Balaban J connectivity index is 3.67. The number of rotatable bonds is 5. The van der Waals surface area contributed by atoms with Gasteiger partial charge in [-0.25, -0.2) is 0 Å². The van der Waals surface area contributed by atoms with Crippen molar-refractivity contribution in [1.29, 1.82) is 0 Å². The maximum atomic E-state index is 3.29. The second kappa shape index (κ2) is 5.20. The molecule has 2 nitrogen and oxygen atoms in total. The fourth-order valence-electron chi connectivity index (χ4n) is 0.910. The van der Waals surface area contributed by atoms with Gasteiger partial charge in [0.2, 0.25) is 0 Å². The molecule has 0 spiro atoms. The summed E-state index contributed by atoms with van der Waals surface area (Å²) in [6.45, 7) is 7.57. The zero-order valence-electron chi connectivity index (χ0n) is 9.02. The molecule has 0 amide bonds. The van der Waals surface area contributed by atoms with Gasteiger partial charge in [0.1, 0.15) is 0 Å². The van der Waals surface area contributed by atoms with Gasteiger partial charge in [-0.15, -0.1) is 0 Å². The van der Waals surface area contributed by atoms with E-state index in [0.717, 1.165) is 13.0 Å². The lowest BCUT2D eigenvalue weighted by Crippen LogP contribution is -2.38. The minimum Gasteiger partial charge on any atom is -0.381 e. The van der Waals surface area contributed by atoms with E-state index in [1.807, 2.05) is 14.0 Å². The van der Waals surface area contributed by atoms with Crippen LogP contribution in [0.2, 0.25) is 0 Å². The smallest absolute Gasteiger partial charge is 0.0186 e. The molecule has 12 heavy (non-hydrogen) atoms. The van der Waals surface area contributed by atoms with Crippen molar-refractivity contribution in [2.75, 3.05) is 20.6 Å². The molecular formula is C10H22N2. The number of nitrogens with zero attached hydrogens (tertiary/aromatic N) is 1. The summed E-state index contributed by atoms with van der Waals surface area (Å²) >= 11 is 0. The maximum absolute atomic E-state index is 3.29. The van der Waals surface area contributed by atoms with Gasteiger partial charge in [0.15, 0.2) is 0 Å². The van der Waals surface area contributed by atoms with Crippen LogP contribution in [0.3, 0.4) is 0 Å². The lowest BCUT2D eigenvalue weighted by molar-refractivity contribution is 0.330. The van der Waals surface area contributed by atoms with Crippen molar-refractivity contribution < 1.29 is 0 Å². The minimum atomic E-state index is 0.246. The van der Waals surface area contributed by atoms with E-state index in [-0.39, 0.29) is 5.54 Å². The van der Waals surface area contributed by atoms with Gasteiger partial charge in [-0.05, 0) is 40.4 Å². The van der Waals surface area contributed by atoms with Crippen molar-refractivity contribution >= 4 is 0 Å². The first-order chi connectivity index (χ1) is 5.52. The molecule has 0 saturated carbocycles. The fraction of sp³-hybridized carbons (Fsp3) is 0.800. The van der Waals surface area contributed by atoms with E-state index in [4.69, 9.17) is 0 Å². The van der Waals surface area contributed by atoms with Crippen LogP contribution in [0.5, 0.6) is 0 Å². The summed E-state index contributed by atoms with van der Waals surface area (Å²) in [5, 5.41) is 3.29. The van der Waals surface area contributed by atoms with Crippen LogP contribution in [0.4, 0.5) is 0 Å². The molecule has 0 aromatic heterocycles. The van der Waals surface area contributed by atoms with Crippen molar-refractivity contribution in [3.05, 3.63) is 12.3 Å². The Morgan fingerprint density at radius 1 is 1.42 bits per heavy atom. The van der Waals surface area contributed by atoms with Crippen LogP contribution in [0.1, 0.15) is 27.2 Å². The molecule has 2 heteroatoms. The van der Waals surface area contributed by atoms with Crippen LogP contribution >= 0.6 is 0 Å². The third-order valence-electron chi connectivity index (χ3n) is 2.17. The molecule has 0 aliphatic heterocycles. The van der Waals surface area contributed by atoms with Gasteiger partial charge >= 0.3 is 0 Å². The Bertz CT molecular complexity index is 139. The Morgan fingerprint density at radius 3 is 2.42 bits per heavy atom. The highest BCUT2D eigenvalue weighted by Crippen LogP contribution is 2.07. The van der Waals surface area contributed by atoms with E-state index in [1.54, 1.807) is 0 Å². The predicted molar refractivity (Wildman–Crippen MR) is 55.2 cm³/mol. The Labute approximate surface area is 76.6 Å². The lowest BCUT2D eigenvalue weighted by atomic mass is 10.0. The van der Waals surface area contributed by atoms with Gasteiger partial charge in [0.05, 0.1) is 0 Å². The zero-order valence-corrected chi connectivity index (χ0v) is 9.02. The molecule has 0 fully saturated rings. The molecule has 0 aliphatic rings. The lowest BCUT2D eigenvalue weighted by Gasteiger charge is -2.26. The van der Waals surface area contributed by atoms with Gasteiger partial charge in [0, 0.05) is 19.1 Å². The summed E-state index contributed by atoms with van der Waals surface area (Å²) in [5.41, 5.74) is 0.246. The van der Waals surface area contributed by atoms with Crippen LogP contribution in [0, 0.1) is 0 Å². The van der Waals surface area contributed by atoms with E-state index >= 15 is 0 Å². The molecule has 72 valence electrons. The standard InChI is InChI=1S/C10H22N2/c1-6-8-12(5)9-7-10(2,3)11-4/h6,8,11H,7,9H2,1-5H3/b8-6-. The second-order valence-electron chi connectivity index (χ2n) is 3.85. The summed E-state index contributed by atoms with van der Waals surface area (Å²) in [6.07, 6.45) is 5.32. The SMILES string of the molecule is C/C=C\N(C)CCC(C)(C)NC. The topological polar surface area (TPSA) is 15.3 Å². The summed E-state index contributed by atoms with van der Waals surface area (Å²) in [4.78, 5) is 2.21. The average molecular weight is 170 g/mol. The van der Waals surface area contributed by atoms with Gasteiger partial charge in [-0.2, -0.15) is 0 Å².